The van der Waals surface area contributed by atoms with E-state index in [2.05, 4.69) is 18.2 Å². The summed E-state index contributed by atoms with van der Waals surface area (Å²) in [5, 5.41) is 4.72. The van der Waals surface area contributed by atoms with Crippen LogP contribution in [0, 0.1) is 5.82 Å². The largest absolute Gasteiger partial charge is 0.306 e. The average molecular weight is 334 g/mol. The molecule has 0 amide bonds. The second kappa shape index (κ2) is 7.45. The molecule has 0 radical (unpaired) electrons. The average Bonchev–Trinajstić information content (AvgIpc) is 3.14. The Labute approximate surface area is 141 Å². The number of halogens is 1. The van der Waals surface area contributed by atoms with Crippen molar-refractivity contribution >= 4 is 11.8 Å². The van der Waals surface area contributed by atoms with E-state index >= 15 is 0 Å². The van der Waals surface area contributed by atoms with Gasteiger partial charge in [-0.1, -0.05) is 12.1 Å². The van der Waals surface area contributed by atoms with Crippen LogP contribution in [-0.2, 0) is 13.0 Å². The Bertz CT molecular complexity index is 641. The Morgan fingerprint density at radius 2 is 2.09 bits per heavy atom. The number of likely N-dealkylation sites (N-methyl/N-ethyl adjacent to an activating group) is 1. The number of likely N-dealkylation sites (tertiary alicyclic amines) is 1. The molecular formula is C17H23FN4S. The normalized spacial score (nSPS) is 18.7. The molecule has 1 atom stereocenters. The van der Waals surface area contributed by atoms with E-state index in [0.29, 0.717) is 12.5 Å². The third-order valence-electron chi connectivity index (χ3n) is 4.28. The van der Waals surface area contributed by atoms with Gasteiger partial charge in [-0.05, 0) is 44.0 Å². The van der Waals surface area contributed by atoms with Crippen molar-refractivity contribution in [3.63, 3.8) is 0 Å². The fraction of sp³-hybridized carbons (Fsp3) is 0.529. The van der Waals surface area contributed by atoms with Crippen LogP contribution in [0.1, 0.15) is 29.6 Å². The predicted molar refractivity (Wildman–Crippen MR) is 92.5 cm³/mol. The lowest BCUT2D eigenvalue weighted by molar-refractivity contribution is 0.407. The summed E-state index contributed by atoms with van der Waals surface area (Å²) in [7, 11) is 2.15. The van der Waals surface area contributed by atoms with Gasteiger partial charge in [0.25, 0.3) is 0 Å². The highest BCUT2D eigenvalue weighted by molar-refractivity contribution is 7.98. The van der Waals surface area contributed by atoms with Gasteiger partial charge in [0.2, 0.25) is 0 Å². The van der Waals surface area contributed by atoms with Crippen LogP contribution in [0.15, 0.2) is 24.3 Å². The summed E-state index contributed by atoms with van der Waals surface area (Å²) < 4.78 is 15.1. The van der Waals surface area contributed by atoms with Gasteiger partial charge >= 0.3 is 0 Å². The summed E-state index contributed by atoms with van der Waals surface area (Å²) in [6.45, 7) is 2.79. The van der Waals surface area contributed by atoms with E-state index in [9.17, 15) is 4.39 Å². The molecule has 2 heterocycles. The third kappa shape index (κ3) is 4.12. The zero-order chi connectivity index (χ0) is 16.2. The van der Waals surface area contributed by atoms with E-state index in [0.717, 1.165) is 48.9 Å². The maximum Gasteiger partial charge on any atom is 0.151 e. The first kappa shape index (κ1) is 16.5. The molecule has 2 aromatic rings. The number of thioether (sulfide) groups is 1. The zero-order valence-corrected chi connectivity index (χ0v) is 14.5. The summed E-state index contributed by atoms with van der Waals surface area (Å²) in [6, 6.07) is 6.65. The van der Waals surface area contributed by atoms with Gasteiger partial charge in [-0.2, -0.15) is 16.9 Å². The van der Waals surface area contributed by atoms with Crippen LogP contribution in [0.3, 0.4) is 0 Å². The van der Waals surface area contributed by atoms with E-state index in [1.54, 1.807) is 0 Å². The second-order valence-corrected chi connectivity index (χ2v) is 7.15. The number of nitrogens with zero attached hydrogens (tertiary/aromatic N) is 4. The molecule has 0 unspecified atom stereocenters. The SMILES string of the molecule is CSCCc1nc([C@H]2CCN(C)C2)n(Cc2ccc(F)cc2)n1. The summed E-state index contributed by atoms with van der Waals surface area (Å²) in [6.07, 6.45) is 4.12. The third-order valence-corrected chi connectivity index (χ3v) is 4.89. The van der Waals surface area contributed by atoms with Gasteiger partial charge in [0, 0.05) is 24.6 Å². The second-order valence-electron chi connectivity index (χ2n) is 6.16. The van der Waals surface area contributed by atoms with Crippen LogP contribution in [0.2, 0.25) is 0 Å². The van der Waals surface area contributed by atoms with Crippen molar-refractivity contribution in [3.05, 3.63) is 47.3 Å². The molecule has 6 heteroatoms. The highest BCUT2D eigenvalue weighted by Crippen LogP contribution is 2.25. The molecule has 0 spiro atoms. The van der Waals surface area contributed by atoms with Gasteiger partial charge in [0.1, 0.15) is 11.6 Å². The summed E-state index contributed by atoms with van der Waals surface area (Å²) in [5.41, 5.74) is 1.06. The molecule has 1 aliphatic rings. The first-order valence-electron chi connectivity index (χ1n) is 8.01. The molecule has 1 fully saturated rings. The molecule has 1 aromatic heterocycles. The molecule has 3 rings (SSSR count). The van der Waals surface area contributed by atoms with Crippen LogP contribution in [0.25, 0.3) is 0 Å². The van der Waals surface area contributed by atoms with Crippen molar-refractivity contribution < 1.29 is 4.39 Å². The molecule has 23 heavy (non-hydrogen) atoms. The molecule has 1 saturated heterocycles. The van der Waals surface area contributed by atoms with Crippen LogP contribution < -0.4 is 0 Å². The van der Waals surface area contributed by atoms with Crippen molar-refractivity contribution in [2.45, 2.75) is 25.3 Å². The molecular weight excluding hydrogens is 311 g/mol. The molecule has 0 bridgehead atoms. The predicted octanol–water partition coefficient (Wildman–Crippen LogP) is 2.79. The summed E-state index contributed by atoms with van der Waals surface area (Å²) in [5.74, 6) is 3.27. The molecule has 0 saturated carbocycles. The Morgan fingerprint density at radius 3 is 2.74 bits per heavy atom. The van der Waals surface area contributed by atoms with Crippen molar-refractivity contribution in [1.29, 1.82) is 0 Å². The quantitative estimate of drug-likeness (QED) is 0.813. The highest BCUT2D eigenvalue weighted by Gasteiger charge is 2.26. The monoisotopic (exact) mass is 334 g/mol. The number of rotatable bonds is 6. The van der Waals surface area contributed by atoms with Gasteiger partial charge in [-0.3, -0.25) is 0 Å². The number of hydrogen-bond donors (Lipinski definition) is 0. The first-order chi connectivity index (χ1) is 11.2. The minimum Gasteiger partial charge on any atom is -0.306 e. The molecule has 124 valence electrons. The van der Waals surface area contributed by atoms with Gasteiger partial charge in [-0.15, -0.1) is 0 Å². The van der Waals surface area contributed by atoms with Crippen molar-refractivity contribution in [3.8, 4) is 0 Å². The fourth-order valence-electron chi connectivity index (χ4n) is 3.03. The Balaban J connectivity index is 1.83. The molecule has 0 N–H and O–H groups in total. The lowest BCUT2D eigenvalue weighted by atomic mass is 10.1. The summed E-state index contributed by atoms with van der Waals surface area (Å²) >= 11 is 1.81. The van der Waals surface area contributed by atoms with Crippen molar-refractivity contribution in [2.75, 3.05) is 32.1 Å². The maximum absolute atomic E-state index is 13.1. The van der Waals surface area contributed by atoms with Crippen molar-refractivity contribution in [1.82, 2.24) is 19.7 Å². The lowest BCUT2D eigenvalue weighted by Gasteiger charge is -2.12. The van der Waals surface area contributed by atoms with Gasteiger partial charge in [-0.25, -0.2) is 14.1 Å². The van der Waals surface area contributed by atoms with Gasteiger partial charge in [0.15, 0.2) is 5.82 Å². The van der Waals surface area contributed by atoms with Gasteiger partial charge in [0.05, 0.1) is 6.54 Å². The van der Waals surface area contributed by atoms with Crippen molar-refractivity contribution in [2.24, 2.45) is 0 Å². The Kier molecular flexibility index (Phi) is 5.33. The minimum absolute atomic E-state index is 0.203. The van der Waals surface area contributed by atoms with Crippen LogP contribution in [0.4, 0.5) is 4.39 Å². The van der Waals surface area contributed by atoms with E-state index in [-0.39, 0.29) is 5.82 Å². The molecule has 1 aromatic carbocycles. The molecule has 0 aliphatic carbocycles. The Morgan fingerprint density at radius 1 is 1.30 bits per heavy atom. The van der Waals surface area contributed by atoms with Crippen LogP contribution >= 0.6 is 11.8 Å². The summed E-state index contributed by atoms with van der Waals surface area (Å²) in [4.78, 5) is 7.15. The number of aryl methyl sites for hydroxylation is 1. The Hall–Kier alpha value is -1.40. The fourth-order valence-corrected chi connectivity index (χ4v) is 3.42. The highest BCUT2D eigenvalue weighted by atomic mass is 32.2. The molecule has 4 nitrogen and oxygen atoms in total. The number of aromatic nitrogens is 3. The lowest BCUT2D eigenvalue weighted by Crippen LogP contribution is -2.16. The van der Waals surface area contributed by atoms with E-state index < -0.39 is 0 Å². The maximum atomic E-state index is 13.1. The number of benzene rings is 1. The smallest absolute Gasteiger partial charge is 0.151 e. The minimum atomic E-state index is -0.203. The van der Waals surface area contributed by atoms with E-state index in [1.165, 1.54) is 12.1 Å². The zero-order valence-electron chi connectivity index (χ0n) is 13.7. The van der Waals surface area contributed by atoms with Crippen LogP contribution in [-0.4, -0.2) is 51.8 Å². The van der Waals surface area contributed by atoms with E-state index in [1.807, 2.05) is 28.6 Å². The number of hydrogen-bond acceptors (Lipinski definition) is 4. The standard InChI is InChI=1S/C17H23FN4S/c1-21-9-7-14(12-21)17-19-16(8-10-23-2)20-22(17)11-13-3-5-15(18)6-4-13/h3-6,14H,7-12H2,1-2H3/t14-/m0/s1. The molecule has 1 aliphatic heterocycles. The van der Waals surface area contributed by atoms with Gasteiger partial charge < -0.3 is 4.90 Å². The van der Waals surface area contributed by atoms with E-state index in [4.69, 9.17) is 10.1 Å². The van der Waals surface area contributed by atoms with Crippen LogP contribution in [0.5, 0.6) is 0 Å². The topological polar surface area (TPSA) is 34.0 Å². The first-order valence-corrected chi connectivity index (χ1v) is 9.40.